The van der Waals surface area contributed by atoms with Gasteiger partial charge in [-0.1, -0.05) is 42.5 Å². The van der Waals surface area contributed by atoms with E-state index < -0.39 is 0 Å². The molecule has 0 aliphatic heterocycles. The number of nitrogens with one attached hydrogen (secondary N) is 1. The summed E-state index contributed by atoms with van der Waals surface area (Å²) >= 11 is 0. The van der Waals surface area contributed by atoms with Crippen LogP contribution in [0.2, 0.25) is 0 Å². The van der Waals surface area contributed by atoms with E-state index in [-0.39, 0.29) is 5.91 Å². The molecule has 2 rings (SSSR count). The normalized spacial score (nSPS) is 12.8. The fraction of sp³-hybridized carbons (Fsp3) is 0.312. The lowest BCUT2D eigenvalue weighted by atomic mass is 10.0. The summed E-state index contributed by atoms with van der Waals surface area (Å²) in [4.78, 5) is 12.4. The molecule has 2 aromatic carbocycles. The van der Waals surface area contributed by atoms with Gasteiger partial charge in [0, 0.05) is 5.56 Å². The summed E-state index contributed by atoms with van der Waals surface area (Å²) in [5.41, 5.74) is 6.60. The van der Waals surface area contributed by atoms with E-state index in [1.807, 2.05) is 6.07 Å². The van der Waals surface area contributed by atoms with Crippen molar-refractivity contribution < 1.29 is 9.69 Å². The number of hydrogen-bond donors (Lipinski definition) is 2. The maximum Gasteiger partial charge on any atom is 0.272 e. The van der Waals surface area contributed by atoms with E-state index in [0.29, 0.717) is 12.6 Å². The molecule has 1 atom stereocenters. The minimum atomic E-state index is -0.246. The number of nitrogens with two attached hydrogens (primary N) is 1. The molecular formula is C16H21N2O+. The first kappa shape index (κ1) is 13.6. The number of quaternary nitrogens is 1. The lowest BCUT2D eigenvalue weighted by Crippen LogP contribution is -3.14. The lowest BCUT2D eigenvalue weighted by Gasteiger charge is -2.22. The van der Waals surface area contributed by atoms with Crippen LogP contribution in [-0.2, 0) is 11.3 Å². The molecule has 0 aliphatic carbocycles. The molecule has 2 aromatic rings. The van der Waals surface area contributed by atoms with Gasteiger partial charge in [0.25, 0.3) is 5.91 Å². The monoisotopic (exact) mass is 257 g/mol. The average Bonchev–Trinajstić information content (AvgIpc) is 2.37. The van der Waals surface area contributed by atoms with Gasteiger partial charge < -0.3 is 10.6 Å². The quantitative estimate of drug-likeness (QED) is 0.828. The maximum absolute atomic E-state index is 11.2. The Morgan fingerprint density at radius 3 is 2.53 bits per heavy atom. The van der Waals surface area contributed by atoms with Gasteiger partial charge in [-0.3, -0.25) is 4.79 Å². The van der Waals surface area contributed by atoms with Crippen LogP contribution in [-0.4, -0.2) is 18.5 Å². The molecule has 1 amide bonds. The number of rotatable bonds is 5. The highest BCUT2D eigenvalue weighted by Crippen LogP contribution is 2.17. The topological polar surface area (TPSA) is 47.5 Å². The van der Waals surface area contributed by atoms with Crippen molar-refractivity contribution in [2.24, 2.45) is 5.73 Å². The van der Waals surface area contributed by atoms with Crippen molar-refractivity contribution in [1.82, 2.24) is 0 Å². The van der Waals surface area contributed by atoms with Crippen molar-refractivity contribution in [2.45, 2.75) is 26.4 Å². The molecule has 0 spiro atoms. The number of carbonyl (C=O) groups is 1. The molecule has 1 unspecified atom stereocenters. The highest BCUT2D eigenvalue weighted by molar-refractivity contribution is 5.85. The number of benzene rings is 2. The molecule has 0 bridgehead atoms. The summed E-state index contributed by atoms with van der Waals surface area (Å²) in [7, 11) is 0. The Kier molecular flexibility index (Phi) is 4.17. The van der Waals surface area contributed by atoms with E-state index in [2.05, 4.69) is 50.2 Å². The van der Waals surface area contributed by atoms with Crippen molar-refractivity contribution in [2.75, 3.05) is 6.54 Å². The Balaban J connectivity index is 2.31. The third-order valence-corrected chi connectivity index (χ3v) is 3.52. The molecule has 19 heavy (non-hydrogen) atoms. The molecule has 0 saturated heterocycles. The van der Waals surface area contributed by atoms with Crippen LogP contribution in [0.5, 0.6) is 0 Å². The minimum absolute atomic E-state index is 0.246. The van der Waals surface area contributed by atoms with Crippen LogP contribution < -0.4 is 10.6 Å². The third kappa shape index (κ3) is 3.32. The number of amides is 1. The van der Waals surface area contributed by atoms with E-state index in [9.17, 15) is 4.79 Å². The molecule has 0 saturated carbocycles. The molecule has 0 aromatic heterocycles. The SMILES string of the molecule is CC(C)[NH+](CC(N)=O)Cc1cccc2ccccc12. The van der Waals surface area contributed by atoms with Crippen LogP contribution in [0.3, 0.4) is 0 Å². The molecule has 3 N–H and O–H groups in total. The highest BCUT2D eigenvalue weighted by Gasteiger charge is 2.17. The van der Waals surface area contributed by atoms with Crippen molar-refractivity contribution in [3.8, 4) is 0 Å². The summed E-state index contributed by atoms with van der Waals surface area (Å²) in [6.07, 6.45) is 0. The molecule has 3 heteroatoms. The summed E-state index contributed by atoms with van der Waals surface area (Å²) in [6, 6.07) is 15.0. The van der Waals surface area contributed by atoms with E-state index >= 15 is 0 Å². The van der Waals surface area contributed by atoms with Crippen molar-refractivity contribution >= 4 is 16.7 Å². The fourth-order valence-corrected chi connectivity index (χ4v) is 2.39. The fourth-order valence-electron chi connectivity index (χ4n) is 2.39. The van der Waals surface area contributed by atoms with E-state index in [1.165, 1.54) is 21.2 Å². The predicted molar refractivity (Wildman–Crippen MR) is 77.8 cm³/mol. The van der Waals surface area contributed by atoms with Crippen molar-refractivity contribution in [1.29, 1.82) is 0 Å². The Bertz CT molecular complexity index is 572. The van der Waals surface area contributed by atoms with Crippen LogP contribution in [0.15, 0.2) is 42.5 Å². The largest absolute Gasteiger partial charge is 0.365 e. The first-order chi connectivity index (χ1) is 9.08. The second-order valence-corrected chi connectivity index (χ2v) is 5.27. The second-order valence-electron chi connectivity index (χ2n) is 5.27. The summed E-state index contributed by atoms with van der Waals surface area (Å²) in [5, 5.41) is 2.50. The first-order valence-corrected chi connectivity index (χ1v) is 6.67. The van der Waals surface area contributed by atoms with Gasteiger partial charge in [-0.25, -0.2) is 0 Å². The summed E-state index contributed by atoms with van der Waals surface area (Å²) in [6.45, 7) is 5.43. The van der Waals surface area contributed by atoms with Gasteiger partial charge in [0.05, 0.1) is 6.04 Å². The van der Waals surface area contributed by atoms with Crippen LogP contribution in [0.25, 0.3) is 10.8 Å². The first-order valence-electron chi connectivity index (χ1n) is 6.67. The van der Waals surface area contributed by atoms with Crippen LogP contribution in [0.1, 0.15) is 19.4 Å². The molecule has 0 radical (unpaired) electrons. The Morgan fingerprint density at radius 2 is 1.84 bits per heavy atom. The van der Waals surface area contributed by atoms with Crippen LogP contribution in [0.4, 0.5) is 0 Å². The predicted octanol–water partition coefficient (Wildman–Crippen LogP) is 1.12. The van der Waals surface area contributed by atoms with Gasteiger partial charge in [0.15, 0.2) is 6.54 Å². The number of hydrogen-bond acceptors (Lipinski definition) is 1. The van der Waals surface area contributed by atoms with Crippen molar-refractivity contribution in [3.63, 3.8) is 0 Å². The smallest absolute Gasteiger partial charge is 0.272 e. The molecular weight excluding hydrogens is 236 g/mol. The van der Waals surface area contributed by atoms with Gasteiger partial charge >= 0.3 is 0 Å². The second kappa shape index (κ2) is 5.85. The molecule has 0 heterocycles. The van der Waals surface area contributed by atoms with E-state index in [0.717, 1.165) is 6.54 Å². The number of primary amides is 1. The molecule has 0 fully saturated rings. The van der Waals surface area contributed by atoms with Crippen LogP contribution >= 0.6 is 0 Å². The molecule has 3 nitrogen and oxygen atoms in total. The Morgan fingerprint density at radius 1 is 1.16 bits per heavy atom. The van der Waals surface area contributed by atoms with Gasteiger partial charge in [0.2, 0.25) is 0 Å². The van der Waals surface area contributed by atoms with Gasteiger partial charge in [-0.15, -0.1) is 0 Å². The lowest BCUT2D eigenvalue weighted by molar-refractivity contribution is -0.927. The van der Waals surface area contributed by atoms with Gasteiger partial charge in [-0.05, 0) is 24.6 Å². The zero-order chi connectivity index (χ0) is 13.8. The summed E-state index contributed by atoms with van der Waals surface area (Å²) in [5.74, 6) is -0.246. The van der Waals surface area contributed by atoms with Crippen LogP contribution in [0, 0.1) is 0 Å². The number of carbonyl (C=O) groups excluding carboxylic acids is 1. The van der Waals surface area contributed by atoms with E-state index in [4.69, 9.17) is 5.73 Å². The van der Waals surface area contributed by atoms with Gasteiger partial charge in [0.1, 0.15) is 6.54 Å². The Labute approximate surface area is 114 Å². The Hall–Kier alpha value is -1.87. The molecule has 100 valence electrons. The highest BCUT2D eigenvalue weighted by atomic mass is 16.1. The average molecular weight is 257 g/mol. The third-order valence-electron chi connectivity index (χ3n) is 3.52. The maximum atomic E-state index is 11.2. The zero-order valence-electron chi connectivity index (χ0n) is 11.5. The zero-order valence-corrected chi connectivity index (χ0v) is 11.5. The van der Waals surface area contributed by atoms with Gasteiger partial charge in [-0.2, -0.15) is 0 Å². The summed E-state index contributed by atoms with van der Waals surface area (Å²) < 4.78 is 0. The molecule has 0 aliphatic rings. The van der Waals surface area contributed by atoms with E-state index in [1.54, 1.807) is 0 Å². The number of fused-ring (bicyclic) bond motifs is 1. The standard InChI is InChI=1S/C16H20N2O/c1-12(2)18(11-16(17)19)10-14-8-5-7-13-6-3-4-9-15(13)14/h3-9,12H,10-11H2,1-2H3,(H2,17,19)/p+1. The van der Waals surface area contributed by atoms with Crippen molar-refractivity contribution in [3.05, 3.63) is 48.0 Å². The minimum Gasteiger partial charge on any atom is -0.365 e.